The Morgan fingerprint density at radius 2 is 2.00 bits per heavy atom. The van der Waals surface area contributed by atoms with Gasteiger partial charge in [0.1, 0.15) is 5.75 Å². The topological polar surface area (TPSA) is 93.8 Å². The van der Waals surface area contributed by atoms with Gasteiger partial charge in [0, 0.05) is 28.4 Å². The fraction of sp³-hybridized carbons (Fsp3) is 0.0526. The van der Waals surface area contributed by atoms with E-state index >= 15 is 0 Å². The third-order valence-corrected chi connectivity index (χ3v) is 4.78. The monoisotopic (exact) mass is 381 g/mol. The Kier molecular flexibility index (Phi) is 5.58. The molecule has 0 aliphatic heterocycles. The predicted octanol–water partition coefficient (Wildman–Crippen LogP) is 4.25. The zero-order valence-electron chi connectivity index (χ0n) is 14.3. The molecule has 0 radical (unpaired) electrons. The van der Waals surface area contributed by atoms with Crippen LogP contribution in [0.25, 0.3) is 16.2 Å². The van der Waals surface area contributed by atoms with Gasteiger partial charge in [-0.05, 0) is 35.9 Å². The Hall–Kier alpha value is -3.52. The van der Waals surface area contributed by atoms with Crippen LogP contribution in [0, 0.1) is 10.1 Å². The number of benzene rings is 2. The highest BCUT2D eigenvalue weighted by Gasteiger charge is 2.12. The summed E-state index contributed by atoms with van der Waals surface area (Å²) in [5.41, 5.74) is 3.40. The first kappa shape index (κ1) is 18.3. The number of nitrogens with one attached hydrogen (secondary N) is 1. The summed E-state index contributed by atoms with van der Waals surface area (Å²) >= 11 is 1.25. The molecule has 3 aromatic rings. The van der Waals surface area contributed by atoms with E-state index in [0.29, 0.717) is 10.3 Å². The summed E-state index contributed by atoms with van der Waals surface area (Å²) in [6.45, 7) is 0. The van der Waals surface area contributed by atoms with Crippen molar-refractivity contribution in [2.75, 3.05) is 7.11 Å². The summed E-state index contributed by atoms with van der Waals surface area (Å²) in [6, 6.07) is 13.6. The first-order chi connectivity index (χ1) is 13.1. The van der Waals surface area contributed by atoms with Crippen molar-refractivity contribution in [3.8, 4) is 5.75 Å². The van der Waals surface area contributed by atoms with Crippen molar-refractivity contribution >= 4 is 45.3 Å². The maximum Gasteiger partial charge on any atom is 0.281 e. The standard InChI is InChI=1S/C19H15N3O4S/c1-26-16-7-4-13(5-8-16)3-2-10-20-21-19(23)18-12-14-11-15(22(24)25)6-9-17(14)27-18/h2-12H,1H3,(H,21,23). The highest BCUT2D eigenvalue weighted by molar-refractivity contribution is 7.20. The Balaban J connectivity index is 1.61. The molecule has 1 aromatic heterocycles. The van der Waals surface area contributed by atoms with Gasteiger partial charge in [0.15, 0.2) is 0 Å². The third kappa shape index (κ3) is 4.56. The summed E-state index contributed by atoms with van der Waals surface area (Å²) in [5, 5.41) is 15.4. The fourth-order valence-corrected chi connectivity index (χ4v) is 3.25. The first-order valence-electron chi connectivity index (χ1n) is 7.89. The lowest BCUT2D eigenvalue weighted by molar-refractivity contribution is -0.384. The number of fused-ring (bicyclic) bond motifs is 1. The molecule has 2 aromatic carbocycles. The van der Waals surface area contributed by atoms with Crippen molar-refractivity contribution in [2.24, 2.45) is 5.10 Å². The summed E-state index contributed by atoms with van der Waals surface area (Å²) in [4.78, 5) is 22.9. The smallest absolute Gasteiger partial charge is 0.281 e. The number of carbonyl (C=O) groups is 1. The van der Waals surface area contributed by atoms with Crippen molar-refractivity contribution in [1.29, 1.82) is 0 Å². The zero-order valence-corrected chi connectivity index (χ0v) is 15.1. The number of thiophene rings is 1. The number of allylic oxidation sites excluding steroid dienone is 1. The van der Waals surface area contributed by atoms with E-state index in [1.807, 2.05) is 30.3 Å². The normalized spacial score (nSPS) is 11.3. The highest BCUT2D eigenvalue weighted by Crippen LogP contribution is 2.28. The number of hydrazone groups is 1. The lowest BCUT2D eigenvalue weighted by Gasteiger charge is -1.98. The molecule has 1 amide bonds. The van der Waals surface area contributed by atoms with Crippen LogP contribution in [0.15, 0.2) is 59.7 Å². The maximum atomic E-state index is 12.2. The van der Waals surface area contributed by atoms with E-state index in [9.17, 15) is 14.9 Å². The van der Waals surface area contributed by atoms with E-state index in [-0.39, 0.29) is 11.6 Å². The largest absolute Gasteiger partial charge is 0.497 e. The van der Waals surface area contributed by atoms with Gasteiger partial charge in [-0.25, -0.2) is 5.43 Å². The summed E-state index contributed by atoms with van der Waals surface area (Å²) < 4.78 is 5.89. The van der Waals surface area contributed by atoms with Crippen LogP contribution in [0.5, 0.6) is 5.75 Å². The summed E-state index contributed by atoms with van der Waals surface area (Å²) in [5.74, 6) is 0.412. The van der Waals surface area contributed by atoms with Gasteiger partial charge in [0.05, 0.1) is 16.9 Å². The molecule has 0 spiro atoms. The van der Waals surface area contributed by atoms with Gasteiger partial charge in [-0.2, -0.15) is 5.10 Å². The molecule has 1 heterocycles. The van der Waals surface area contributed by atoms with E-state index < -0.39 is 4.92 Å². The van der Waals surface area contributed by atoms with E-state index in [1.165, 1.54) is 29.7 Å². The number of carbonyl (C=O) groups excluding carboxylic acids is 1. The first-order valence-corrected chi connectivity index (χ1v) is 8.70. The Labute approximate surface area is 158 Å². The van der Waals surface area contributed by atoms with Gasteiger partial charge < -0.3 is 4.74 Å². The number of nitro groups is 1. The molecule has 7 nitrogen and oxygen atoms in total. The van der Waals surface area contributed by atoms with Crippen LogP contribution in [-0.4, -0.2) is 24.2 Å². The average molecular weight is 381 g/mol. The number of non-ortho nitro benzene ring substituents is 1. The minimum absolute atomic E-state index is 0.00560. The second kappa shape index (κ2) is 8.24. The second-order valence-electron chi connectivity index (χ2n) is 5.44. The Bertz CT molecular complexity index is 1040. The molecular weight excluding hydrogens is 366 g/mol. The van der Waals surface area contributed by atoms with Crippen LogP contribution >= 0.6 is 11.3 Å². The molecule has 0 atom stereocenters. The van der Waals surface area contributed by atoms with Gasteiger partial charge in [0.2, 0.25) is 0 Å². The molecule has 8 heteroatoms. The average Bonchev–Trinajstić information content (AvgIpc) is 3.11. The second-order valence-corrected chi connectivity index (χ2v) is 6.53. The highest BCUT2D eigenvalue weighted by atomic mass is 32.1. The fourth-order valence-electron chi connectivity index (χ4n) is 2.32. The van der Waals surface area contributed by atoms with E-state index in [0.717, 1.165) is 16.0 Å². The van der Waals surface area contributed by atoms with Gasteiger partial charge in [0.25, 0.3) is 11.6 Å². The Morgan fingerprint density at radius 3 is 2.70 bits per heavy atom. The van der Waals surface area contributed by atoms with Gasteiger partial charge in [-0.15, -0.1) is 11.3 Å². The van der Waals surface area contributed by atoms with Crippen molar-refractivity contribution in [2.45, 2.75) is 0 Å². The van der Waals surface area contributed by atoms with Crippen molar-refractivity contribution in [3.05, 3.63) is 75.2 Å². The molecular formula is C19H15N3O4S. The van der Waals surface area contributed by atoms with Crippen LogP contribution in [0.1, 0.15) is 15.2 Å². The summed E-state index contributed by atoms with van der Waals surface area (Å²) in [6.07, 6.45) is 5.02. The number of rotatable bonds is 6. The molecule has 0 bridgehead atoms. The summed E-state index contributed by atoms with van der Waals surface area (Å²) in [7, 11) is 1.61. The number of hydrogen-bond acceptors (Lipinski definition) is 6. The molecule has 136 valence electrons. The minimum Gasteiger partial charge on any atom is -0.497 e. The number of nitrogens with zero attached hydrogens (tertiary/aromatic N) is 2. The molecule has 0 aliphatic rings. The van der Waals surface area contributed by atoms with Crippen LogP contribution < -0.4 is 10.2 Å². The van der Waals surface area contributed by atoms with E-state index in [2.05, 4.69) is 10.5 Å². The third-order valence-electron chi connectivity index (χ3n) is 3.67. The molecule has 3 rings (SSSR count). The maximum absolute atomic E-state index is 12.2. The minimum atomic E-state index is -0.462. The molecule has 0 saturated carbocycles. The SMILES string of the molecule is COc1ccc(C=CC=NNC(=O)c2cc3cc([N+](=O)[O-])ccc3s2)cc1. The molecule has 0 aliphatic carbocycles. The van der Waals surface area contributed by atoms with E-state index in [4.69, 9.17) is 4.74 Å². The van der Waals surface area contributed by atoms with Crippen LogP contribution in [-0.2, 0) is 0 Å². The van der Waals surface area contributed by atoms with Crippen LogP contribution in [0.4, 0.5) is 5.69 Å². The van der Waals surface area contributed by atoms with Gasteiger partial charge in [-0.1, -0.05) is 18.2 Å². The number of amides is 1. The molecule has 0 unspecified atom stereocenters. The number of nitro benzene ring substituents is 1. The van der Waals surface area contributed by atoms with Gasteiger partial charge >= 0.3 is 0 Å². The van der Waals surface area contributed by atoms with Crippen LogP contribution in [0.3, 0.4) is 0 Å². The van der Waals surface area contributed by atoms with E-state index in [1.54, 1.807) is 25.3 Å². The van der Waals surface area contributed by atoms with Crippen LogP contribution in [0.2, 0.25) is 0 Å². The molecule has 1 N–H and O–H groups in total. The number of ether oxygens (including phenoxy) is 1. The van der Waals surface area contributed by atoms with Gasteiger partial charge in [-0.3, -0.25) is 14.9 Å². The van der Waals surface area contributed by atoms with Crippen molar-refractivity contribution < 1.29 is 14.5 Å². The lowest BCUT2D eigenvalue weighted by Crippen LogP contribution is -2.15. The molecule has 0 fully saturated rings. The lowest BCUT2D eigenvalue weighted by atomic mass is 10.2. The van der Waals surface area contributed by atoms with Crippen molar-refractivity contribution in [3.63, 3.8) is 0 Å². The quantitative estimate of drug-likeness (QED) is 0.392. The number of hydrogen-bond donors (Lipinski definition) is 1. The molecule has 0 saturated heterocycles. The predicted molar refractivity (Wildman–Crippen MR) is 106 cm³/mol. The Morgan fingerprint density at radius 1 is 1.22 bits per heavy atom. The molecule has 27 heavy (non-hydrogen) atoms. The van der Waals surface area contributed by atoms with Crippen molar-refractivity contribution in [1.82, 2.24) is 5.43 Å². The zero-order chi connectivity index (χ0) is 19.2. The number of methoxy groups -OCH3 is 1.